The van der Waals surface area contributed by atoms with E-state index in [1.165, 1.54) is 12.3 Å². The average Bonchev–Trinajstić information content (AvgIpc) is 3.29. The highest BCUT2D eigenvalue weighted by Gasteiger charge is 2.16. The first kappa shape index (κ1) is 16.6. The van der Waals surface area contributed by atoms with E-state index in [-0.39, 0.29) is 17.7 Å². The van der Waals surface area contributed by atoms with Gasteiger partial charge in [-0.2, -0.15) is 14.7 Å². The SMILES string of the molecule is C#CCNC(=O)c1cnn2c(=O)cc(-c3ccc4c(cnn4CC)c3)[nH]c12. The zero-order valence-electron chi connectivity index (χ0n) is 14.6. The van der Waals surface area contributed by atoms with Crippen molar-refractivity contribution in [2.24, 2.45) is 0 Å². The number of nitrogens with zero attached hydrogens (tertiary/aromatic N) is 4. The van der Waals surface area contributed by atoms with E-state index in [1.54, 1.807) is 6.20 Å². The second-order valence-corrected chi connectivity index (χ2v) is 5.96. The Balaban J connectivity index is 1.84. The van der Waals surface area contributed by atoms with Crippen LogP contribution in [0.25, 0.3) is 27.8 Å². The van der Waals surface area contributed by atoms with Crippen molar-refractivity contribution in [3.05, 3.63) is 52.6 Å². The van der Waals surface area contributed by atoms with Gasteiger partial charge in [-0.15, -0.1) is 6.42 Å². The van der Waals surface area contributed by atoms with Crippen LogP contribution in [0.15, 0.2) is 41.5 Å². The molecule has 0 aliphatic carbocycles. The molecule has 2 N–H and O–H groups in total. The number of terminal acetylenes is 1. The summed E-state index contributed by atoms with van der Waals surface area (Å²) in [5.74, 6) is 1.95. The summed E-state index contributed by atoms with van der Waals surface area (Å²) in [5, 5.41) is 11.9. The zero-order chi connectivity index (χ0) is 19.0. The van der Waals surface area contributed by atoms with E-state index in [0.29, 0.717) is 11.3 Å². The van der Waals surface area contributed by atoms with E-state index in [4.69, 9.17) is 6.42 Å². The molecule has 0 atom stereocenters. The van der Waals surface area contributed by atoms with Gasteiger partial charge in [-0.05, 0) is 24.6 Å². The first-order valence-corrected chi connectivity index (χ1v) is 8.41. The topological polar surface area (TPSA) is 97.1 Å². The van der Waals surface area contributed by atoms with Crippen LogP contribution in [0.2, 0.25) is 0 Å². The summed E-state index contributed by atoms with van der Waals surface area (Å²) < 4.78 is 3.05. The molecule has 3 heterocycles. The molecule has 1 amide bonds. The molecule has 27 heavy (non-hydrogen) atoms. The largest absolute Gasteiger partial charge is 0.341 e. The highest BCUT2D eigenvalue weighted by molar-refractivity contribution is 6.00. The van der Waals surface area contributed by atoms with Gasteiger partial charge in [0, 0.05) is 18.0 Å². The summed E-state index contributed by atoms with van der Waals surface area (Å²) in [6.45, 7) is 2.90. The molecule has 1 aromatic carbocycles. The Morgan fingerprint density at radius 2 is 2.15 bits per heavy atom. The van der Waals surface area contributed by atoms with Crippen molar-refractivity contribution in [3.63, 3.8) is 0 Å². The highest BCUT2D eigenvalue weighted by atomic mass is 16.2. The first-order chi connectivity index (χ1) is 13.1. The van der Waals surface area contributed by atoms with E-state index < -0.39 is 5.91 Å². The Labute approximate surface area is 153 Å². The number of carbonyl (C=O) groups is 1. The molecule has 4 aromatic rings. The van der Waals surface area contributed by atoms with E-state index in [1.807, 2.05) is 29.8 Å². The Bertz CT molecular complexity index is 1270. The van der Waals surface area contributed by atoms with Gasteiger partial charge in [0.15, 0.2) is 5.65 Å². The molecule has 0 fully saturated rings. The predicted octanol–water partition coefficient (Wildman–Crippen LogP) is 1.42. The van der Waals surface area contributed by atoms with Crippen LogP contribution in [0.4, 0.5) is 0 Å². The Kier molecular flexibility index (Phi) is 3.97. The van der Waals surface area contributed by atoms with Gasteiger partial charge in [0.2, 0.25) is 0 Å². The van der Waals surface area contributed by atoms with Crippen LogP contribution in [0.1, 0.15) is 17.3 Å². The fraction of sp³-hybridized carbons (Fsp3) is 0.158. The van der Waals surface area contributed by atoms with Gasteiger partial charge < -0.3 is 10.3 Å². The van der Waals surface area contributed by atoms with Crippen LogP contribution >= 0.6 is 0 Å². The molecule has 0 unspecified atom stereocenters. The standard InChI is InChI=1S/C19H16N6O2/c1-3-7-20-19(27)14-11-22-25-17(26)9-15(23-18(14)25)12-5-6-16-13(8-12)10-21-24(16)4-2/h1,5-6,8-11,23H,4,7H2,2H3,(H,20,27). The zero-order valence-corrected chi connectivity index (χ0v) is 14.6. The van der Waals surface area contributed by atoms with Gasteiger partial charge in [-0.25, -0.2) is 0 Å². The summed E-state index contributed by atoms with van der Waals surface area (Å²) in [6, 6.07) is 7.27. The van der Waals surface area contributed by atoms with Gasteiger partial charge in [0.25, 0.3) is 11.5 Å². The van der Waals surface area contributed by atoms with E-state index in [0.717, 1.165) is 27.5 Å². The molecule has 8 nitrogen and oxygen atoms in total. The smallest absolute Gasteiger partial charge is 0.274 e. The minimum absolute atomic E-state index is 0.0954. The first-order valence-electron chi connectivity index (χ1n) is 8.41. The third kappa shape index (κ3) is 2.75. The number of nitrogens with one attached hydrogen (secondary N) is 2. The maximum absolute atomic E-state index is 12.4. The van der Waals surface area contributed by atoms with E-state index in [2.05, 4.69) is 26.4 Å². The number of fused-ring (bicyclic) bond motifs is 2. The number of benzene rings is 1. The molecule has 0 radical (unpaired) electrons. The maximum atomic E-state index is 12.4. The Hall–Kier alpha value is -3.86. The normalized spacial score (nSPS) is 11.0. The minimum atomic E-state index is -0.393. The summed E-state index contributed by atoms with van der Waals surface area (Å²) in [6.07, 6.45) is 8.31. The van der Waals surface area contributed by atoms with Gasteiger partial charge in [0.1, 0.15) is 5.56 Å². The van der Waals surface area contributed by atoms with E-state index >= 15 is 0 Å². The summed E-state index contributed by atoms with van der Waals surface area (Å²) >= 11 is 0. The summed E-state index contributed by atoms with van der Waals surface area (Å²) in [5.41, 5.74) is 2.65. The van der Waals surface area contributed by atoms with E-state index in [9.17, 15) is 9.59 Å². The lowest BCUT2D eigenvalue weighted by atomic mass is 10.1. The Morgan fingerprint density at radius 1 is 1.30 bits per heavy atom. The number of rotatable bonds is 4. The summed E-state index contributed by atoms with van der Waals surface area (Å²) in [4.78, 5) is 27.8. The Morgan fingerprint density at radius 3 is 2.93 bits per heavy atom. The lowest BCUT2D eigenvalue weighted by Gasteiger charge is -2.06. The number of hydrogen-bond acceptors (Lipinski definition) is 4. The molecule has 0 saturated heterocycles. The van der Waals surface area contributed by atoms with Crippen LogP contribution in [-0.2, 0) is 6.54 Å². The molecule has 4 rings (SSSR count). The predicted molar refractivity (Wildman–Crippen MR) is 101 cm³/mol. The lowest BCUT2D eigenvalue weighted by Crippen LogP contribution is -2.24. The fourth-order valence-corrected chi connectivity index (χ4v) is 3.04. The van der Waals surface area contributed by atoms with Crippen molar-refractivity contribution in [2.45, 2.75) is 13.5 Å². The van der Waals surface area contributed by atoms with Crippen molar-refractivity contribution in [2.75, 3.05) is 6.54 Å². The van der Waals surface area contributed by atoms with Crippen molar-refractivity contribution >= 4 is 22.5 Å². The van der Waals surface area contributed by atoms with Crippen molar-refractivity contribution in [1.29, 1.82) is 0 Å². The quantitative estimate of drug-likeness (QED) is 0.538. The van der Waals surface area contributed by atoms with Gasteiger partial charge in [-0.3, -0.25) is 14.3 Å². The van der Waals surface area contributed by atoms with Crippen LogP contribution < -0.4 is 10.9 Å². The highest BCUT2D eigenvalue weighted by Crippen LogP contribution is 2.23. The third-order valence-corrected chi connectivity index (χ3v) is 4.35. The molecule has 0 aliphatic rings. The molecule has 0 saturated carbocycles. The summed E-state index contributed by atoms with van der Waals surface area (Å²) in [7, 11) is 0. The molecular formula is C19H16N6O2. The fourth-order valence-electron chi connectivity index (χ4n) is 3.04. The lowest BCUT2D eigenvalue weighted by molar-refractivity contribution is 0.0960. The van der Waals surface area contributed by atoms with Crippen molar-refractivity contribution < 1.29 is 4.79 Å². The van der Waals surface area contributed by atoms with Gasteiger partial charge >= 0.3 is 0 Å². The molecule has 134 valence electrons. The van der Waals surface area contributed by atoms with Crippen LogP contribution in [-0.4, -0.2) is 36.8 Å². The van der Waals surface area contributed by atoms with Gasteiger partial charge in [-0.1, -0.05) is 12.0 Å². The number of hydrogen-bond donors (Lipinski definition) is 2. The van der Waals surface area contributed by atoms with Gasteiger partial charge in [0.05, 0.1) is 30.1 Å². The van der Waals surface area contributed by atoms with Crippen LogP contribution in [0.5, 0.6) is 0 Å². The van der Waals surface area contributed by atoms with Crippen LogP contribution in [0, 0.1) is 12.3 Å². The molecule has 3 aromatic heterocycles. The van der Waals surface area contributed by atoms with Crippen molar-refractivity contribution in [3.8, 4) is 23.6 Å². The second kappa shape index (κ2) is 6.46. The molecule has 0 bridgehead atoms. The molecule has 8 heteroatoms. The number of aryl methyl sites for hydroxylation is 1. The maximum Gasteiger partial charge on any atom is 0.274 e. The molecular weight excluding hydrogens is 344 g/mol. The minimum Gasteiger partial charge on any atom is -0.341 e. The second-order valence-electron chi connectivity index (χ2n) is 5.96. The number of aromatic nitrogens is 5. The number of carbonyl (C=O) groups excluding carboxylic acids is 1. The number of H-pyrrole nitrogens is 1. The number of amides is 1. The molecule has 0 aliphatic heterocycles. The molecule has 0 spiro atoms. The van der Waals surface area contributed by atoms with Crippen LogP contribution in [0.3, 0.4) is 0 Å². The monoisotopic (exact) mass is 360 g/mol. The third-order valence-electron chi connectivity index (χ3n) is 4.35. The average molecular weight is 360 g/mol. The van der Waals surface area contributed by atoms with Crippen molar-refractivity contribution in [1.82, 2.24) is 29.7 Å². The number of aromatic amines is 1.